The molecule has 4 rings (SSSR count). The third-order valence-corrected chi connectivity index (χ3v) is 7.07. The van der Waals surface area contributed by atoms with Crippen LogP contribution in [-0.2, 0) is 0 Å². The minimum atomic E-state index is -0.973. The Morgan fingerprint density at radius 2 is 2.11 bits per heavy atom. The Labute approximate surface area is 214 Å². The molecule has 1 aliphatic rings. The van der Waals surface area contributed by atoms with E-state index in [1.807, 2.05) is 61.8 Å². The number of fused-ring (bicyclic) bond motifs is 1. The van der Waals surface area contributed by atoms with E-state index in [2.05, 4.69) is 15.2 Å². The molecule has 10 heteroatoms. The number of aromatic nitrogens is 1. The molecule has 0 saturated carbocycles. The van der Waals surface area contributed by atoms with Gasteiger partial charge >= 0.3 is 6.09 Å². The van der Waals surface area contributed by atoms with Crippen LogP contribution in [0.15, 0.2) is 54.0 Å². The number of rotatable bonds is 9. The molecule has 1 aromatic carbocycles. The molecule has 1 unspecified atom stereocenters. The van der Waals surface area contributed by atoms with E-state index in [4.69, 9.17) is 4.74 Å². The Kier molecular flexibility index (Phi) is 7.94. The number of anilines is 3. The quantitative estimate of drug-likeness (QED) is 0.428. The first-order chi connectivity index (χ1) is 17.4. The second-order valence-electron chi connectivity index (χ2n) is 8.61. The number of carboxylic acid groups (broad SMARTS) is 1. The van der Waals surface area contributed by atoms with E-state index in [0.717, 1.165) is 28.6 Å². The number of likely N-dealkylation sites (N-methyl/N-ethyl adjacent to an activating group) is 1. The summed E-state index contributed by atoms with van der Waals surface area (Å²) in [7, 11) is 3.52. The third kappa shape index (κ3) is 5.71. The zero-order valence-electron chi connectivity index (χ0n) is 20.7. The van der Waals surface area contributed by atoms with E-state index < -0.39 is 6.09 Å². The van der Waals surface area contributed by atoms with Crippen LogP contribution in [-0.4, -0.2) is 67.3 Å². The van der Waals surface area contributed by atoms with E-state index in [1.165, 1.54) is 4.90 Å². The Bertz CT molecular complexity index is 1200. The van der Waals surface area contributed by atoms with Crippen LogP contribution in [0.1, 0.15) is 34.7 Å². The highest BCUT2D eigenvalue weighted by Gasteiger charge is 2.27. The molecule has 0 radical (unpaired) electrons. The molecule has 0 aliphatic carbocycles. The van der Waals surface area contributed by atoms with Gasteiger partial charge in [0, 0.05) is 75.6 Å². The van der Waals surface area contributed by atoms with Gasteiger partial charge in [0.05, 0.1) is 11.3 Å². The normalized spacial score (nSPS) is 14.1. The van der Waals surface area contributed by atoms with Gasteiger partial charge in [0.25, 0.3) is 5.91 Å². The summed E-state index contributed by atoms with van der Waals surface area (Å²) in [5, 5.41) is 14.4. The van der Waals surface area contributed by atoms with Gasteiger partial charge in [0.15, 0.2) is 0 Å². The van der Waals surface area contributed by atoms with Gasteiger partial charge < -0.3 is 29.9 Å². The molecular formula is C26H31N5O4S. The maximum absolute atomic E-state index is 13.6. The van der Waals surface area contributed by atoms with Crippen LogP contribution >= 0.6 is 11.3 Å². The number of hydrogen-bond acceptors (Lipinski definition) is 7. The molecule has 190 valence electrons. The molecule has 2 amide bonds. The summed E-state index contributed by atoms with van der Waals surface area (Å²) in [4.78, 5) is 35.3. The highest BCUT2D eigenvalue weighted by atomic mass is 32.1. The summed E-state index contributed by atoms with van der Waals surface area (Å²) in [6, 6.07) is 13.3. The SMILES string of the molecule is CCNc1cc2c(cn1)C(=O)N(c1cccc(OC(CCN(C)C(=O)O)c3cccs3)c1)CCN2C. The highest BCUT2D eigenvalue weighted by molar-refractivity contribution is 7.10. The van der Waals surface area contributed by atoms with Crippen molar-refractivity contribution in [1.29, 1.82) is 0 Å². The van der Waals surface area contributed by atoms with Crippen molar-refractivity contribution in [3.05, 3.63) is 64.5 Å². The number of carbonyl (C=O) groups excluding carboxylic acids is 1. The largest absolute Gasteiger partial charge is 0.485 e. The molecule has 0 bridgehead atoms. The molecule has 2 aromatic heterocycles. The van der Waals surface area contributed by atoms with Crippen LogP contribution in [0.4, 0.5) is 22.0 Å². The minimum Gasteiger partial charge on any atom is -0.485 e. The molecule has 1 atom stereocenters. The van der Waals surface area contributed by atoms with Gasteiger partial charge in [-0.1, -0.05) is 12.1 Å². The average molecular weight is 510 g/mol. The Morgan fingerprint density at radius 3 is 2.83 bits per heavy atom. The number of hydrogen-bond donors (Lipinski definition) is 2. The summed E-state index contributed by atoms with van der Waals surface area (Å²) in [5.41, 5.74) is 2.14. The number of thiophene rings is 1. The number of nitrogens with zero attached hydrogens (tertiary/aromatic N) is 4. The fraction of sp³-hybridized carbons (Fsp3) is 0.346. The molecule has 36 heavy (non-hydrogen) atoms. The molecule has 3 heterocycles. The van der Waals surface area contributed by atoms with Crippen LogP contribution in [0.3, 0.4) is 0 Å². The van der Waals surface area contributed by atoms with Crippen molar-refractivity contribution in [2.75, 3.05) is 55.4 Å². The van der Waals surface area contributed by atoms with E-state index in [-0.39, 0.29) is 12.0 Å². The molecule has 0 saturated heterocycles. The van der Waals surface area contributed by atoms with Crippen LogP contribution in [0.2, 0.25) is 0 Å². The second-order valence-corrected chi connectivity index (χ2v) is 9.59. The molecule has 1 aliphatic heterocycles. The molecule has 9 nitrogen and oxygen atoms in total. The van der Waals surface area contributed by atoms with Gasteiger partial charge in [-0.15, -0.1) is 11.3 Å². The fourth-order valence-corrected chi connectivity index (χ4v) is 4.89. The first-order valence-electron chi connectivity index (χ1n) is 11.9. The minimum absolute atomic E-state index is 0.111. The maximum Gasteiger partial charge on any atom is 0.407 e. The second kappa shape index (κ2) is 11.3. The van der Waals surface area contributed by atoms with Crippen LogP contribution in [0.25, 0.3) is 0 Å². The summed E-state index contributed by atoms with van der Waals surface area (Å²) >= 11 is 1.57. The van der Waals surface area contributed by atoms with Crippen molar-refractivity contribution in [2.45, 2.75) is 19.4 Å². The smallest absolute Gasteiger partial charge is 0.407 e. The number of benzene rings is 1. The molecule has 3 aromatic rings. The van der Waals surface area contributed by atoms with Gasteiger partial charge in [0.2, 0.25) is 0 Å². The maximum atomic E-state index is 13.6. The van der Waals surface area contributed by atoms with Crippen molar-refractivity contribution in [3.8, 4) is 5.75 Å². The van der Waals surface area contributed by atoms with Crippen LogP contribution < -0.4 is 19.9 Å². The van der Waals surface area contributed by atoms with Gasteiger partial charge in [-0.3, -0.25) is 4.79 Å². The highest BCUT2D eigenvalue weighted by Crippen LogP contribution is 2.33. The number of carbonyl (C=O) groups is 2. The Morgan fingerprint density at radius 1 is 1.28 bits per heavy atom. The summed E-state index contributed by atoms with van der Waals surface area (Å²) in [5.74, 6) is 1.25. The third-order valence-electron chi connectivity index (χ3n) is 6.11. The summed E-state index contributed by atoms with van der Waals surface area (Å²) in [6.45, 7) is 4.28. The lowest BCUT2D eigenvalue weighted by Gasteiger charge is -2.24. The molecule has 0 spiro atoms. The number of pyridine rings is 1. The van der Waals surface area contributed by atoms with Crippen molar-refractivity contribution < 1.29 is 19.4 Å². The average Bonchev–Trinajstić information content (AvgIpc) is 3.37. The van der Waals surface area contributed by atoms with Gasteiger partial charge in [0.1, 0.15) is 17.7 Å². The topological polar surface area (TPSA) is 98.2 Å². The molecule has 0 fully saturated rings. The summed E-state index contributed by atoms with van der Waals surface area (Å²) < 4.78 is 6.34. The van der Waals surface area contributed by atoms with Crippen molar-refractivity contribution in [1.82, 2.24) is 9.88 Å². The standard InChI is InChI=1S/C26H31N5O4S/c1-4-27-24-16-21-20(17-28-24)25(32)31(13-12-29(21)2)18-7-5-8-19(15-18)35-22(23-9-6-14-36-23)10-11-30(3)26(33)34/h5-9,14-17,22H,4,10-13H2,1-3H3,(H,27,28)(H,33,34). The lowest BCUT2D eigenvalue weighted by Crippen LogP contribution is -2.33. The van der Waals surface area contributed by atoms with E-state index >= 15 is 0 Å². The molecular weight excluding hydrogens is 478 g/mol. The van der Waals surface area contributed by atoms with Crippen molar-refractivity contribution in [3.63, 3.8) is 0 Å². The van der Waals surface area contributed by atoms with E-state index in [9.17, 15) is 14.7 Å². The number of ether oxygens (including phenoxy) is 1. The lowest BCUT2D eigenvalue weighted by atomic mass is 10.1. The van der Waals surface area contributed by atoms with Gasteiger partial charge in [-0.2, -0.15) is 0 Å². The zero-order chi connectivity index (χ0) is 25.7. The predicted molar refractivity (Wildman–Crippen MR) is 143 cm³/mol. The number of nitrogens with one attached hydrogen (secondary N) is 1. The van der Waals surface area contributed by atoms with Gasteiger partial charge in [-0.25, -0.2) is 9.78 Å². The Hall–Kier alpha value is -3.79. The lowest BCUT2D eigenvalue weighted by molar-refractivity contribution is 0.0990. The van der Waals surface area contributed by atoms with Crippen molar-refractivity contribution >= 4 is 40.5 Å². The predicted octanol–water partition coefficient (Wildman–Crippen LogP) is 4.79. The van der Waals surface area contributed by atoms with Crippen molar-refractivity contribution in [2.24, 2.45) is 0 Å². The van der Waals surface area contributed by atoms with Crippen LogP contribution in [0, 0.1) is 0 Å². The molecule has 2 N–H and O–H groups in total. The Balaban J connectivity index is 1.57. The van der Waals surface area contributed by atoms with E-state index in [1.54, 1.807) is 29.5 Å². The van der Waals surface area contributed by atoms with E-state index in [0.29, 0.717) is 37.4 Å². The first-order valence-corrected chi connectivity index (χ1v) is 12.8. The number of amides is 2. The summed E-state index contributed by atoms with van der Waals surface area (Å²) in [6.07, 6.45) is 0.867. The fourth-order valence-electron chi connectivity index (χ4n) is 4.10. The monoisotopic (exact) mass is 509 g/mol. The van der Waals surface area contributed by atoms with Crippen LogP contribution in [0.5, 0.6) is 5.75 Å². The van der Waals surface area contributed by atoms with Gasteiger partial charge in [-0.05, 0) is 30.5 Å². The zero-order valence-corrected chi connectivity index (χ0v) is 21.5. The first kappa shape index (κ1) is 25.3.